The zero-order valence-electron chi connectivity index (χ0n) is 21.2. The summed E-state index contributed by atoms with van der Waals surface area (Å²) in [4.78, 5) is 30.5. The molecule has 0 spiro atoms. The van der Waals surface area contributed by atoms with E-state index >= 15 is 0 Å². The Morgan fingerprint density at radius 2 is 1.78 bits per heavy atom. The smallest absolute Gasteiger partial charge is 0.295 e. The number of ketones is 1. The lowest BCUT2D eigenvalue weighted by atomic mass is 9.92. The lowest BCUT2D eigenvalue weighted by Crippen LogP contribution is -2.42. The van der Waals surface area contributed by atoms with Crippen LogP contribution in [0.15, 0.2) is 48.0 Å². The first kappa shape index (κ1) is 24.5. The SMILES string of the molecule is CC(C)c1ccc([C@@H]2C(=C(O)c3ccc4c(c3)C[C@@H](C)O4)C(=O)C(=O)N2CCN2CCOCC2)cc1. The van der Waals surface area contributed by atoms with Crippen molar-refractivity contribution < 1.29 is 24.2 Å². The molecule has 2 aromatic rings. The highest BCUT2D eigenvalue weighted by Crippen LogP contribution is 2.40. The van der Waals surface area contributed by atoms with Crippen molar-refractivity contribution in [3.63, 3.8) is 0 Å². The van der Waals surface area contributed by atoms with Crippen LogP contribution in [0.4, 0.5) is 0 Å². The van der Waals surface area contributed by atoms with E-state index in [1.54, 1.807) is 11.0 Å². The number of morpholine rings is 1. The number of amides is 1. The van der Waals surface area contributed by atoms with Gasteiger partial charge in [-0.05, 0) is 47.7 Å². The molecule has 2 aromatic carbocycles. The van der Waals surface area contributed by atoms with E-state index in [2.05, 4.69) is 18.7 Å². The highest BCUT2D eigenvalue weighted by atomic mass is 16.5. The summed E-state index contributed by atoms with van der Waals surface area (Å²) in [6, 6.07) is 12.8. The Morgan fingerprint density at radius 3 is 2.47 bits per heavy atom. The number of carbonyl (C=O) groups is 2. The van der Waals surface area contributed by atoms with E-state index in [1.807, 2.05) is 43.3 Å². The zero-order chi connectivity index (χ0) is 25.4. The highest BCUT2D eigenvalue weighted by molar-refractivity contribution is 6.46. The third kappa shape index (κ3) is 4.65. The average Bonchev–Trinajstić information content (AvgIpc) is 3.38. The fraction of sp³-hybridized carbons (Fsp3) is 0.448. The Hall–Kier alpha value is -3.16. The molecule has 1 N–H and O–H groups in total. The Morgan fingerprint density at radius 1 is 1.06 bits per heavy atom. The van der Waals surface area contributed by atoms with Crippen molar-refractivity contribution in [3.05, 3.63) is 70.3 Å². The summed E-state index contributed by atoms with van der Waals surface area (Å²) >= 11 is 0. The van der Waals surface area contributed by atoms with Crippen molar-refractivity contribution in [1.29, 1.82) is 0 Å². The van der Waals surface area contributed by atoms with E-state index in [1.165, 1.54) is 5.56 Å². The van der Waals surface area contributed by atoms with Gasteiger partial charge in [0, 0.05) is 38.2 Å². The normalized spacial score (nSPS) is 23.8. The highest BCUT2D eigenvalue weighted by Gasteiger charge is 2.46. The van der Waals surface area contributed by atoms with Gasteiger partial charge in [-0.25, -0.2) is 0 Å². The van der Waals surface area contributed by atoms with Gasteiger partial charge >= 0.3 is 0 Å². The van der Waals surface area contributed by atoms with Gasteiger partial charge in [0.15, 0.2) is 0 Å². The molecule has 2 fully saturated rings. The summed E-state index contributed by atoms with van der Waals surface area (Å²) in [7, 11) is 0. The molecule has 0 aromatic heterocycles. The lowest BCUT2D eigenvalue weighted by molar-refractivity contribution is -0.140. The average molecular weight is 491 g/mol. The van der Waals surface area contributed by atoms with Crippen LogP contribution in [-0.4, -0.2) is 72.1 Å². The number of hydrogen-bond donors (Lipinski definition) is 1. The number of Topliss-reactive ketones (excluding diaryl/α,β-unsaturated/α-hetero) is 1. The minimum Gasteiger partial charge on any atom is -0.507 e. The Kier molecular flexibility index (Phi) is 6.86. The largest absolute Gasteiger partial charge is 0.507 e. The second kappa shape index (κ2) is 10.1. The monoisotopic (exact) mass is 490 g/mol. The molecule has 36 heavy (non-hydrogen) atoms. The summed E-state index contributed by atoms with van der Waals surface area (Å²) in [6.45, 7) is 10.2. The predicted octanol–water partition coefficient (Wildman–Crippen LogP) is 3.89. The summed E-state index contributed by atoms with van der Waals surface area (Å²) in [5.74, 6) is -0.186. The molecule has 0 aliphatic carbocycles. The summed E-state index contributed by atoms with van der Waals surface area (Å²) in [6.07, 6.45) is 0.812. The number of likely N-dealkylation sites (tertiary alicyclic amines) is 1. The topological polar surface area (TPSA) is 79.3 Å². The van der Waals surface area contributed by atoms with Crippen LogP contribution >= 0.6 is 0 Å². The number of ether oxygens (including phenoxy) is 2. The first-order valence-corrected chi connectivity index (χ1v) is 12.8. The number of fused-ring (bicyclic) bond motifs is 1. The standard InChI is InChI=1S/C29H34N2O5/c1-18(2)20-4-6-21(7-5-20)26-25(27(32)22-8-9-24-23(17-22)16-19(3)36-24)28(33)29(34)31(26)11-10-30-12-14-35-15-13-30/h4-9,17-19,26,32H,10-16H2,1-3H3/t19-,26-/m1/s1. The molecule has 0 radical (unpaired) electrons. The molecule has 0 unspecified atom stereocenters. The molecule has 5 rings (SSSR count). The lowest BCUT2D eigenvalue weighted by Gasteiger charge is -2.31. The fourth-order valence-electron chi connectivity index (χ4n) is 5.32. The van der Waals surface area contributed by atoms with E-state index in [0.717, 1.165) is 36.4 Å². The van der Waals surface area contributed by atoms with Crippen molar-refractivity contribution in [1.82, 2.24) is 9.80 Å². The van der Waals surface area contributed by atoms with Crippen molar-refractivity contribution in [3.8, 4) is 5.75 Å². The van der Waals surface area contributed by atoms with Crippen LogP contribution in [0, 0.1) is 0 Å². The van der Waals surface area contributed by atoms with Gasteiger partial charge in [0.2, 0.25) is 0 Å². The minimum atomic E-state index is -0.643. The molecule has 190 valence electrons. The molecule has 3 aliphatic rings. The van der Waals surface area contributed by atoms with Crippen LogP contribution in [-0.2, 0) is 20.7 Å². The number of aliphatic hydroxyl groups excluding tert-OH is 1. The van der Waals surface area contributed by atoms with E-state index < -0.39 is 17.7 Å². The van der Waals surface area contributed by atoms with Gasteiger partial charge in [0.1, 0.15) is 17.6 Å². The number of aliphatic hydroxyl groups is 1. The Bertz CT molecular complexity index is 1180. The van der Waals surface area contributed by atoms with Gasteiger partial charge in [0.05, 0.1) is 24.8 Å². The van der Waals surface area contributed by atoms with Crippen LogP contribution in [0.1, 0.15) is 55.0 Å². The number of rotatable bonds is 6. The molecule has 3 heterocycles. The van der Waals surface area contributed by atoms with Crippen molar-refractivity contribution >= 4 is 17.4 Å². The van der Waals surface area contributed by atoms with E-state index in [-0.39, 0.29) is 17.4 Å². The fourth-order valence-corrected chi connectivity index (χ4v) is 5.32. The molecular formula is C29H34N2O5. The first-order chi connectivity index (χ1) is 17.3. The summed E-state index contributed by atoms with van der Waals surface area (Å²) in [5.41, 5.74) is 3.66. The number of carbonyl (C=O) groups excluding carboxylic acids is 2. The van der Waals surface area contributed by atoms with Gasteiger partial charge in [0.25, 0.3) is 11.7 Å². The molecule has 2 atom stereocenters. The third-order valence-electron chi connectivity index (χ3n) is 7.39. The Labute approximate surface area is 212 Å². The van der Waals surface area contributed by atoms with Crippen molar-refractivity contribution in [2.45, 2.75) is 45.3 Å². The number of benzene rings is 2. The number of hydrogen-bond acceptors (Lipinski definition) is 6. The molecule has 7 heteroatoms. The molecule has 0 saturated carbocycles. The van der Waals surface area contributed by atoms with Gasteiger partial charge in [-0.15, -0.1) is 0 Å². The van der Waals surface area contributed by atoms with Gasteiger partial charge < -0.3 is 19.5 Å². The maximum atomic E-state index is 13.4. The van der Waals surface area contributed by atoms with Crippen LogP contribution < -0.4 is 4.74 Å². The van der Waals surface area contributed by atoms with Crippen LogP contribution in [0.3, 0.4) is 0 Å². The number of nitrogens with zero attached hydrogens (tertiary/aromatic N) is 2. The quantitative estimate of drug-likeness (QED) is 0.376. The van der Waals surface area contributed by atoms with Crippen LogP contribution in [0.25, 0.3) is 5.76 Å². The Balaban J connectivity index is 1.53. The van der Waals surface area contributed by atoms with Crippen LogP contribution in [0.5, 0.6) is 5.75 Å². The van der Waals surface area contributed by atoms with Gasteiger partial charge in [-0.1, -0.05) is 38.1 Å². The van der Waals surface area contributed by atoms with Gasteiger partial charge in [-0.2, -0.15) is 0 Å². The molecule has 7 nitrogen and oxygen atoms in total. The molecule has 3 aliphatic heterocycles. The van der Waals surface area contributed by atoms with Crippen molar-refractivity contribution in [2.75, 3.05) is 39.4 Å². The third-order valence-corrected chi connectivity index (χ3v) is 7.39. The zero-order valence-corrected chi connectivity index (χ0v) is 21.2. The molecule has 2 saturated heterocycles. The maximum Gasteiger partial charge on any atom is 0.295 e. The predicted molar refractivity (Wildman–Crippen MR) is 137 cm³/mol. The second-order valence-electron chi connectivity index (χ2n) is 10.2. The summed E-state index contributed by atoms with van der Waals surface area (Å²) in [5, 5.41) is 11.4. The van der Waals surface area contributed by atoms with E-state index in [9.17, 15) is 14.7 Å². The van der Waals surface area contributed by atoms with Gasteiger partial charge in [-0.3, -0.25) is 14.5 Å². The van der Waals surface area contributed by atoms with Crippen LogP contribution in [0.2, 0.25) is 0 Å². The first-order valence-electron chi connectivity index (χ1n) is 12.8. The minimum absolute atomic E-state index is 0.0719. The molecule has 0 bridgehead atoms. The second-order valence-corrected chi connectivity index (χ2v) is 10.2. The maximum absolute atomic E-state index is 13.4. The summed E-state index contributed by atoms with van der Waals surface area (Å²) < 4.78 is 11.2. The van der Waals surface area contributed by atoms with E-state index in [4.69, 9.17) is 9.47 Å². The van der Waals surface area contributed by atoms with E-state index in [0.29, 0.717) is 37.8 Å². The molecular weight excluding hydrogens is 456 g/mol. The van der Waals surface area contributed by atoms with Crippen molar-refractivity contribution in [2.24, 2.45) is 0 Å². The molecule has 1 amide bonds.